The van der Waals surface area contributed by atoms with Crippen LogP contribution in [0.15, 0.2) is 90.3 Å². The van der Waals surface area contributed by atoms with Crippen LogP contribution in [0.3, 0.4) is 0 Å². The summed E-state index contributed by atoms with van der Waals surface area (Å²) in [5, 5.41) is 13.1. The molecule has 0 saturated carbocycles. The molecule has 54 heavy (non-hydrogen) atoms. The lowest BCUT2D eigenvalue weighted by molar-refractivity contribution is -0.133. The SMILES string of the molecule is Cc1cc(O)cc(C)c1C[C@H](CC(=O)[C@H](N)CCCN=C(N)N)C(=O)N[C@@H](Cc1cn(Cc2ccccc2)cn1)C(=O)C[C@@H](Cc1ccccc1)C(N)=O. The maximum atomic E-state index is 14.3. The molecule has 1 heterocycles. The average molecular weight is 737 g/mol. The van der Waals surface area contributed by atoms with Gasteiger partial charge >= 0.3 is 0 Å². The monoisotopic (exact) mass is 736 g/mol. The van der Waals surface area contributed by atoms with E-state index in [9.17, 15) is 24.3 Å². The molecule has 0 fully saturated rings. The van der Waals surface area contributed by atoms with Crippen molar-refractivity contribution in [2.45, 2.75) is 77.4 Å². The molecule has 0 saturated heterocycles. The first-order chi connectivity index (χ1) is 25.8. The number of guanidine groups is 1. The molecule has 0 bridgehead atoms. The Hall–Kier alpha value is -5.82. The molecule has 10 N–H and O–H groups in total. The Morgan fingerprint density at radius 2 is 1.44 bits per heavy atom. The normalized spacial score (nSPS) is 13.3. The molecule has 0 aliphatic heterocycles. The Labute approximate surface area is 316 Å². The van der Waals surface area contributed by atoms with E-state index in [1.54, 1.807) is 18.5 Å². The summed E-state index contributed by atoms with van der Waals surface area (Å²) in [6, 6.07) is 20.4. The number of carbonyl (C=O) groups is 4. The highest BCUT2D eigenvalue weighted by atomic mass is 16.3. The first kappa shape index (κ1) is 40.9. The summed E-state index contributed by atoms with van der Waals surface area (Å²) in [6.45, 7) is 4.51. The zero-order valence-electron chi connectivity index (χ0n) is 31.0. The fraction of sp³-hybridized carbons (Fsp3) is 0.366. The summed E-state index contributed by atoms with van der Waals surface area (Å²) in [5.41, 5.74) is 27.7. The number of hydrogen-bond acceptors (Lipinski definition) is 8. The minimum absolute atomic E-state index is 0.0470. The smallest absolute Gasteiger partial charge is 0.224 e. The fourth-order valence-corrected chi connectivity index (χ4v) is 6.56. The van der Waals surface area contributed by atoms with Crippen LogP contribution >= 0.6 is 0 Å². The van der Waals surface area contributed by atoms with Gasteiger partial charge in [0.05, 0.1) is 24.1 Å². The second-order valence-electron chi connectivity index (χ2n) is 13.9. The Bertz CT molecular complexity index is 1880. The zero-order chi connectivity index (χ0) is 39.2. The lowest BCUT2D eigenvalue weighted by Crippen LogP contribution is -2.47. The summed E-state index contributed by atoms with van der Waals surface area (Å²) in [5.74, 6) is -3.56. The van der Waals surface area contributed by atoms with E-state index >= 15 is 0 Å². The molecule has 4 atom stereocenters. The number of aromatic hydroxyl groups is 1. The molecule has 286 valence electrons. The molecule has 0 spiro atoms. The van der Waals surface area contributed by atoms with Crippen LogP contribution in [0.4, 0.5) is 0 Å². The minimum Gasteiger partial charge on any atom is -0.508 e. The van der Waals surface area contributed by atoms with Crippen LogP contribution in [-0.4, -0.2) is 62.6 Å². The maximum absolute atomic E-state index is 14.3. The van der Waals surface area contributed by atoms with Gasteiger partial charge in [-0.15, -0.1) is 0 Å². The molecule has 2 amide bonds. The van der Waals surface area contributed by atoms with E-state index in [2.05, 4.69) is 15.3 Å². The molecule has 0 radical (unpaired) electrons. The van der Waals surface area contributed by atoms with E-state index in [4.69, 9.17) is 22.9 Å². The lowest BCUT2D eigenvalue weighted by atomic mass is 9.86. The lowest BCUT2D eigenvalue weighted by Gasteiger charge is -2.24. The molecule has 4 rings (SSSR count). The molecule has 1 aromatic heterocycles. The Morgan fingerprint density at radius 1 is 0.833 bits per heavy atom. The van der Waals surface area contributed by atoms with Crippen molar-refractivity contribution in [3.63, 3.8) is 0 Å². The Balaban J connectivity index is 1.61. The van der Waals surface area contributed by atoms with E-state index in [1.807, 2.05) is 85.3 Å². The number of nitrogens with zero attached hydrogens (tertiary/aromatic N) is 3. The van der Waals surface area contributed by atoms with Crippen molar-refractivity contribution in [1.29, 1.82) is 0 Å². The van der Waals surface area contributed by atoms with E-state index in [0.29, 0.717) is 31.6 Å². The number of aromatic nitrogens is 2. The second kappa shape index (κ2) is 19.9. The van der Waals surface area contributed by atoms with E-state index < -0.39 is 35.7 Å². The first-order valence-corrected chi connectivity index (χ1v) is 18.1. The predicted octanol–water partition coefficient (Wildman–Crippen LogP) is 2.78. The molecule has 0 aliphatic rings. The Morgan fingerprint density at radius 3 is 2.06 bits per heavy atom. The summed E-state index contributed by atoms with van der Waals surface area (Å²) in [6.07, 6.45) is 4.32. The van der Waals surface area contributed by atoms with Crippen molar-refractivity contribution < 1.29 is 24.3 Å². The largest absolute Gasteiger partial charge is 0.508 e. The highest BCUT2D eigenvalue weighted by molar-refractivity contribution is 5.94. The predicted molar refractivity (Wildman–Crippen MR) is 208 cm³/mol. The van der Waals surface area contributed by atoms with Gasteiger partial charge in [-0.1, -0.05) is 60.7 Å². The van der Waals surface area contributed by atoms with E-state index in [1.165, 1.54) is 0 Å². The van der Waals surface area contributed by atoms with Crippen molar-refractivity contribution in [1.82, 2.24) is 14.9 Å². The molecular weight excluding hydrogens is 685 g/mol. The summed E-state index contributed by atoms with van der Waals surface area (Å²) in [4.78, 5) is 63.0. The van der Waals surface area contributed by atoms with Crippen LogP contribution < -0.4 is 28.3 Å². The van der Waals surface area contributed by atoms with Gasteiger partial charge in [-0.05, 0) is 79.5 Å². The number of rotatable bonds is 21. The van der Waals surface area contributed by atoms with Crippen molar-refractivity contribution >= 4 is 29.3 Å². The van der Waals surface area contributed by atoms with Crippen LogP contribution in [0.1, 0.15) is 59.2 Å². The van der Waals surface area contributed by atoms with E-state index in [-0.39, 0.29) is 55.4 Å². The molecule has 13 heteroatoms. The number of nitrogens with two attached hydrogens (primary N) is 4. The number of phenols is 1. The van der Waals surface area contributed by atoms with Gasteiger partial charge < -0.3 is 37.9 Å². The third-order valence-corrected chi connectivity index (χ3v) is 9.52. The number of ketones is 2. The number of primary amides is 1. The van der Waals surface area contributed by atoms with Gasteiger partial charge in [-0.3, -0.25) is 24.2 Å². The van der Waals surface area contributed by atoms with Gasteiger partial charge in [0.2, 0.25) is 11.8 Å². The fourth-order valence-electron chi connectivity index (χ4n) is 6.56. The van der Waals surface area contributed by atoms with Gasteiger partial charge in [0.1, 0.15) is 11.5 Å². The maximum Gasteiger partial charge on any atom is 0.224 e. The third-order valence-electron chi connectivity index (χ3n) is 9.52. The molecular formula is C41H52N8O5. The van der Waals surface area contributed by atoms with Crippen LogP contribution in [0, 0.1) is 25.7 Å². The first-order valence-electron chi connectivity index (χ1n) is 18.1. The number of imidazole rings is 1. The van der Waals surface area contributed by atoms with Crippen molar-refractivity contribution in [3.05, 3.63) is 119 Å². The minimum atomic E-state index is -1.08. The number of phenolic OH excluding ortho intramolecular Hbond substituents is 1. The number of Topliss-reactive ketones (excluding diaryl/α,β-unsaturated/α-hetero) is 2. The quantitative estimate of drug-likeness (QED) is 0.0419. The molecule has 0 unspecified atom stereocenters. The number of aliphatic imine (C=N–C) groups is 1. The van der Waals surface area contributed by atoms with Gasteiger partial charge in [0, 0.05) is 50.4 Å². The van der Waals surface area contributed by atoms with Crippen LogP contribution in [-0.2, 0) is 45.0 Å². The van der Waals surface area contributed by atoms with Crippen LogP contribution in [0.25, 0.3) is 0 Å². The standard InChI is InChI=1S/C41H52N8O5/c1-26-16-33(50)17-27(2)34(26)19-31(21-37(51)35(42)14-9-15-46-41(44)45)40(54)48-36(22-32-24-49(25-47-32)23-29-12-7-4-8-13-29)38(52)20-30(39(43)53)18-28-10-5-3-6-11-28/h3-8,10-13,16-17,24-25,30-31,35-36,50H,9,14-15,18-23,42H2,1-2H3,(H2,43,53)(H,48,54)(H4,44,45,46)/t30-,31-,35-,36+/m1/s1. The number of amides is 2. The van der Waals surface area contributed by atoms with Crippen molar-refractivity contribution in [3.8, 4) is 5.75 Å². The molecule has 0 aliphatic carbocycles. The second-order valence-corrected chi connectivity index (χ2v) is 13.9. The van der Waals surface area contributed by atoms with Gasteiger partial charge in [0.15, 0.2) is 11.7 Å². The van der Waals surface area contributed by atoms with E-state index in [0.717, 1.165) is 27.8 Å². The number of carbonyl (C=O) groups excluding carboxylic acids is 4. The molecule has 13 nitrogen and oxygen atoms in total. The summed E-state index contributed by atoms with van der Waals surface area (Å²) < 4.78 is 1.89. The highest BCUT2D eigenvalue weighted by Gasteiger charge is 2.32. The third kappa shape index (κ3) is 12.7. The van der Waals surface area contributed by atoms with Crippen LogP contribution in [0.2, 0.25) is 0 Å². The number of hydrogen-bond donors (Lipinski definition) is 6. The topological polar surface area (TPSA) is 235 Å². The number of aryl methyl sites for hydroxylation is 2. The van der Waals surface area contributed by atoms with Crippen LogP contribution in [0.5, 0.6) is 5.75 Å². The summed E-state index contributed by atoms with van der Waals surface area (Å²) >= 11 is 0. The van der Waals surface area contributed by atoms with Crippen molar-refractivity contribution in [2.75, 3.05) is 6.54 Å². The van der Waals surface area contributed by atoms with Gasteiger partial charge in [0.25, 0.3) is 0 Å². The Kier molecular flexibility index (Phi) is 15.1. The van der Waals surface area contributed by atoms with Gasteiger partial charge in [-0.2, -0.15) is 0 Å². The molecule has 3 aromatic carbocycles. The summed E-state index contributed by atoms with van der Waals surface area (Å²) in [7, 11) is 0. The average Bonchev–Trinajstić information content (AvgIpc) is 3.57. The number of nitrogens with one attached hydrogen (secondary N) is 1. The van der Waals surface area contributed by atoms with Crippen molar-refractivity contribution in [2.24, 2.45) is 39.8 Å². The molecule has 4 aromatic rings. The van der Waals surface area contributed by atoms with Gasteiger partial charge in [-0.25, -0.2) is 4.98 Å². The number of benzene rings is 3. The highest BCUT2D eigenvalue weighted by Crippen LogP contribution is 2.26. The zero-order valence-corrected chi connectivity index (χ0v) is 31.0.